The summed E-state index contributed by atoms with van der Waals surface area (Å²) in [5, 5.41) is 2.81. The third-order valence-corrected chi connectivity index (χ3v) is 5.25. The van der Waals surface area contributed by atoms with E-state index in [0.29, 0.717) is 18.4 Å². The normalized spacial score (nSPS) is 26.8. The number of carbonyl (C=O) groups is 1. The molecular weight excluding hydrogens is 288 g/mol. The molecule has 3 atom stereocenters. The molecule has 120 valence electrons. The summed E-state index contributed by atoms with van der Waals surface area (Å²) < 4.78 is 32.1. The van der Waals surface area contributed by atoms with Gasteiger partial charge in [0.05, 0.1) is 12.7 Å². The lowest BCUT2D eigenvalue weighted by molar-refractivity contribution is 0.0938. The minimum absolute atomic E-state index is 0.167. The number of fused-ring (bicyclic) bond motifs is 1. The molecule has 0 bridgehead atoms. The fourth-order valence-corrected chi connectivity index (χ4v) is 4.15. The molecular formula is C17H21F2NO2. The van der Waals surface area contributed by atoms with Crippen LogP contribution >= 0.6 is 0 Å². The molecule has 0 radical (unpaired) electrons. The van der Waals surface area contributed by atoms with Crippen molar-refractivity contribution in [3.8, 4) is 5.75 Å². The van der Waals surface area contributed by atoms with Gasteiger partial charge < -0.3 is 10.1 Å². The van der Waals surface area contributed by atoms with Gasteiger partial charge in [-0.3, -0.25) is 4.79 Å². The maximum Gasteiger partial charge on any atom is 0.254 e. The molecule has 0 heterocycles. The van der Waals surface area contributed by atoms with E-state index in [4.69, 9.17) is 0 Å². The van der Waals surface area contributed by atoms with Crippen LogP contribution in [0.5, 0.6) is 5.75 Å². The van der Waals surface area contributed by atoms with E-state index in [-0.39, 0.29) is 5.56 Å². The van der Waals surface area contributed by atoms with Crippen LogP contribution in [0, 0.1) is 29.4 Å². The lowest BCUT2D eigenvalue weighted by Crippen LogP contribution is -2.31. The van der Waals surface area contributed by atoms with Gasteiger partial charge in [-0.15, -0.1) is 0 Å². The van der Waals surface area contributed by atoms with E-state index in [2.05, 4.69) is 10.1 Å². The molecule has 3 nitrogen and oxygen atoms in total. The van der Waals surface area contributed by atoms with Crippen molar-refractivity contribution in [2.45, 2.75) is 32.1 Å². The molecule has 2 aliphatic carbocycles. The topological polar surface area (TPSA) is 38.3 Å². The van der Waals surface area contributed by atoms with Gasteiger partial charge >= 0.3 is 0 Å². The van der Waals surface area contributed by atoms with E-state index < -0.39 is 23.3 Å². The molecule has 1 N–H and O–H groups in total. The van der Waals surface area contributed by atoms with Gasteiger partial charge in [-0.25, -0.2) is 8.78 Å². The minimum atomic E-state index is -0.940. The highest BCUT2D eigenvalue weighted by Crippen LogP contribution is 2.47. The number of hydrogen-bond acceptors (Lipinski definition) is 2. The average Bonchev–Trinajstić information content (AvgIpc) is 3.09. The fraction of sp³-hybridized carbons (Fsp3) is 0.588. The molecule has 1 aromatic carbocycles. The summed E-state index contributed by atoms with van der Waals surface area (Å²) in [7, 11) is 1.18. The molecule has 0 unspecified atom stereocenters. The predicted molar refractivity (Wildman–Crippen MR) is 78.8 cm³/mol. The molecule has 5 heteroatoms. The van der Waals surface area contributed by atoms with Gasteiger partial charge in [-0.05, 0) is 49.1 Å². The Morgan fingerprint density at radius 3 is 2.86 bits per heavy atom. The van der Waals surface area contributed by atoms with E-state index in [1.165, 1.54) is 32.8 Å². The van der Waals surface area contributed by atoms with E-state index in [0.717, 1.165) is 24.5 Å². The summed E-state index contributed by atoms with van der Waals surface area (Å²) >= 11 is 0. The van der Waals surface area contributed by atoms with Crippen LogP contribution in [0.25, 0.3) is 0 Å². The molecule has 2 aliphatic rings. The molecule has 0 aromatic heterocycles. The van der Waals surface area contributed by atoms with E-state index in [1.807, 2.05) is 0 Å². The Balaban J connectivity index is 1.65. The SMILES string of the molecule is COc1c(F)ccc(C(=O)NC[C@H]2CC[C@@H]3CCC[C@@H]32)c1F. The highest BCUT2D eigenvalue weighted by Gasteiger charge is 2.38. The maximum absolute atomic E-state index is 14.1. The maximum atomic E-state index is 14.1. The van der Waals surface area contributed by atoms with Crippen molar-refractivity contribution in [2.24, 2.45) is 17.8 Å². The first-order valence-electron chi connectivity index (χ1n) is 7.92. The number of halogens is 2. The highest BCUT2D eigenvalue weighted by molar-refractivity contribution is 5.94. The van der Waals surface area contributed by atoms with Crippen LogP contribution in [-0.4, -0.2) is 19.6 Å². The van der Waals surface area contributed by atoms with Gasteiger partial charge in [0.1, 0.15) is 0 Å². The van der Waals surface area contributed by atoms with Crippen LogP contribution < -0.4 is 10.1 Å². The van der Waals surface area contributed by atoms with Crippen molar-refractivity contribution in [2.75, 3.05) is 13.7 Å². The minimum Gasteiger partial charge on any atom is -0.491 e. The van der Waals surface area contributed by atoms with Crippen LogP contribution in [0.1, 0.15) is 42.5 Å². The monoisotopic (exact) mass is 309 g/mol. The molecule has 0 saturated heterocycles. The van der Waals surface area contributed by atoms with Gasteiger partial charge in [0.2, 0.25) is 0 Å². The summed E-state index contributed by atoms with van der Waals surface area (Å²) in [6, 6.07) is 2.22. The Morgan fingerprint density at radius 1 is 1.27 bits per heavy atom. The van der Waals surface area contributed by atoms with E-state index in [1.54, 1.807) is 0 Å². The van der Waals surface area contributed by atoms with Crippen LogP contribution in [0.15, 0.2) is 12.1 Å². The smallest absolute Gasteiger partial charge is 0.254 e. The number of rotatable bonds is 4. The lowest BCUT2D eigenvalue weighted by atomic mass is 9.92. The number of hydrogen-bond donors (Lipinski definition) is 1. The first-order chi connectivity index (χ1) is 10.6. The number of methoxy groups -OCH3 is 1. The zero-order valence-electron chi connectivity index (χ0n) is 12.7. The average molecular weight is 309 g/mol. The van der Waals surface area contributed by atoms with Gasteiger partial charge in [-0.2, -0.15) is 0 Å². The van der Waals surface area contributed by atoms with Crippen molar-refractivity contribution >= 4 is 5.91 Å². The molecule has 2 fully saturated rings. The third-order valence-electron chi connectivity index (χ3n) is 5.25. The molecule has 1 aromatic rings. The first-order valence-corrected chi connectivity index (χ1v) is 7.92. The summed E-state index contributed by atoms with van der Waals surface area (Å²) in [6.45, 7) is 0.569. The molecule has 1 amide bonds. The van der Waals surface area contributed by atoms with Crippen LogP contribution in [0.2, 0.25) is 0 Å². The summed E-state index contributed by atoms with van der Waals surface area (Å²) in [6.07, 6.45) is 6.20. The van der Waals surface area contributed by atoms with Crippen LogP contribution in [0.4, 0.5) is 8.78 Å². The Labute approximate surface area is 129 Å². The summed E-state index contributed by atoms with van der Waals surface area (Å²) in [5.74, 6) is -0.757. The van der Waals surface area contributed by atoms with Crippen molar-refractivity contribution in [1.82, 2.24) is 5.32 Å². The van der Waals surface area contributed by atoms with Gasteiger partial charge in [-0.1, -0.05) is 12.8 Å². The van der Waals surface area contributed by atoms with Crippen molar-refractivity contribution in [3.05, 3.63) is 29.3 Å². The second kappa shape index (κ2) is 6.23. The number of amides is 1. The van der Waals surface area contributed by atoms with Gasteiger partial charge in [0, 0.05) is 6.54 Å². The highest BCUT2D eigenvalue weighted by atomic mass is 19.1. The number of ether oxygens (including phenoxy) is 1. The second-order valence-corrected chi connectivity index (χ2v) is 6.34. The zero-order chi connectivity index (χ0) is 15.7. The zero-order valence-corrected chi connectivity index (χ0v) is 12.7. The summed E-state index contributed by atoms with van der Waals surface area (Å²) in [5.41, 5.74) is -0.167. The van der Waals surface area contributed by atoms with Gasteiger partial charge in [0.15, 0.2) is 17.4 Å². The first kappa shape index (κ1) is 15.3. The molecule has 3 rings (SSSR count). The Kier molecular flexibility index (Phi) is 4.32. The van der Waals surface area contributed by atoms with Gasteiger partial charge in [0.25, 0.3) is 5.91 Å². The van der Waals surface area contributed by atoms with Crippen molar-refractivity contribution in [1.29, 1.82) is 0 Å². The van der Waals surface area contributed by atoms with Crippen molar-refractivity contribution < 1.29 is 18.3 Å². The molecule has 0 spiro atoms. The Hall–Kier alpha value is -1.65. The quantitative estimate of drug-likeness (QED) is 0.924. The largest absolute Gasteiger partial charge is 0.491 e. The Bertz CT molecular complexity index is 576. The fourth-order valence-electron chi connectivity index (χ4n) is 4.15. The molecule has 2 saturated carbocycles. The van der Waals surface area contributed by atoms with Crippen LogP contribution in [0.3, 0.4) is 0 Å². The lowest BCUT2D eigenvalue weighted by Gasteiger charge is -2.19. The third kappa shape index (κ3) is 2.69. The van der Waals surface area contributed by atoms with E-state index in [9.17, 15) is 13.6 Å². The summed E-state index contributed by atoms with van der Waals surface area (Å²) in [4.78, 5) is 12.2. The molecule has 22 heavy (non-hydrogen) atoms. The molecule has 0 aliphatic heterocycles. The number of benzene rings is 1. The van der Waals surface area contributed by atoms with Crippen molar-refractivity contribution in [3.63, 3.8) is 0 Å². The number of nitrogens with one attached hydrogen (secondary N) is 1. The second-order valence-electron chi connectivity index (χ2n) is 6.34. The Morgan fingerprint density at radius 2 is 2.09 bits per heavy atom. The standard InChI is InChI=1S/C17H21F2NO2/c1-22-16-14(18)8-7-13(15(16)19)17(21)20-9-11-6-5-10-3-2-4-12(10)11/h7-8,10-12H,2-6,9H2,1H3,(H,20,21)/t10-,11+,12-/m0/s1. The van der Waals surface area contributed by atoms with E-state index >= 15 is 0 Å². The van der Waals surface area contributed by atoms with Crippen LogP contribution in [-0.2, 0) is 0 Å². The predicted octanol–water partition coefficient (Wildman–Crippen LogP) is 3.53. The number of carbonyl (C=O) groups excluding carboxylic acids is 1.